The van der Waals surface area contributed by atoms with Gasteiger partial charge in [0.15, 0.2) is 0 Å². The Morgan fingerprint density at radius 1 is 1.40 bits per heavy atom. The lowest BCUT2D eigenvalue weighted by Gasteiger charge is -2.16. The number of rotatable bonds is 4. The number of ether oxygens (including phenoxy) is 1. The van der Waals surface area contributed by atoms with Crippen LogP contribution >= 0.6 is 11.6 Å². The van der Waals surface area contributed by atoms with Gasteiger partial charge < -0.3 is 4.74 Å². The largest absolute Gasteiger partial charge is 0.458 e. The third kappa shape index (κ3) is 3.92. The van der Waals surface area contributed by atoms with Gasteiger partial charge in [-0.25, -0.2) is 0 Å². The van der Waals surface area contributed by atoms with Crippen LogP contribution in [0.15, 0.2) is 24.3 Å². The quantitative estimate of drug-likeness (QED) is 0.582. The molecule has 1 aromatic carbocycles. The van der Waals surface area contributed by atoms with E-state index in [1.54, 1.807) is 0 Å². The number of hydrogen-bond acceptors (Lipinski definition) is 2. The molecule has 0 aliphatic rings. The fourth-order valence-corrected chi connectivity index (χ4v) is 1.57. The summed E-state index contributed by atoms with van der Waals surface area (Å²) in [7, 11) is 0. The highest BCUT2D eigenvalue weighted by atomic mass is 35.5. The Hall–Kier alpha value is -1.02. The summed E-state index contributed by atoms with van der Waals surface area (Å²) < 4.78 is 5.19. The molecule has 0 aliphatic carbocycles. The van der Waals surface area contributed by atoms with Crippen molar-refractivity contribution < 1.29 is 9.53 Å². The second-order valence-electron chi connectivity index (χ2n) is 3.49. The number of esters is 1. The predicted octanol–water partition coefficient (Wildman–Crippen LogP) is 3.23. The van der Waals surface area contributed by atoms with Crippen LogP contribution < -0.4 is 0 Å². The number of aryl methyl sites for hydroxylation is 1. The summed E-state index contributed by atoms with van der Waals surface area (Å²) in [6.45, 7) is 3.43. The lowest BCUT2D eigenvalue weighted by Crippen LogP contribution is -2.09. The third-order valence-electron chi connectivity index (χ3n) is 2.13. The summed E-state index contributed by atoms with van der Waals surface area (Å²) in [6.07, 6.45) is 0.421. The standard InChI is InChI=1S/C12H15ClO2/c1-9-3-5-11(6-4-9)12(7-8-13)15-10(2)14/h3-6,12H,7-8H2,1-2H3/t12-/m0/s1. The van der Waals surface area contributed by atoms with Crippen LogP contribution in [-0.4, -0.2) is 11.8 Å². The van der Waals surface area contributed by atoms with Crippen LogP contribution in [0.2, 0.25) is 0 Å². The van der Waals surface area contributed by atoms with Gasteiger partial charge in [-0.15, -0.1) is 11.6 Å². The van der Waals surface area contributed by atoms with E-state index in [0.29, 0.717) is 12.3 Å². The van der Waals surface area contributed by atoms with E-state index in [9.17, 15) is 4.79 Å². The number of carbonyl (C=O) groups excluding carboxylic acids is 1. The Morgan fingerprint density at radius 2 is 2.00 bits per heavy atom. The molecule has 1 aromatic rings. The molecule has 0 unspecified atom stereocenters. The van der Waals surface area contributed by atoms with Crippen LogP contribution in [0.3, 0.4) is 0 Å². The average Bonchev–Trinajstić information content (AvgIpc) is 2.17. The maximum absolute atomic E-state index is 10.9. The highest BCUT2D eigenvalue weighted by molar-refractivity contribution is 6.17. The van der Waals surface area contributed by atoms with E-state index < -0.39 is 0 Å². The third-order valence-corrected chi connectivity index (χ3v) is 2.35. The topological polar surface area (TPSA) is 26.3 Å². The zero-order valence-electron chi connectivity index (χ0n) is 9.00. The van der Waals surface area contributed by atoms with Gasteiger partial charge in [-0.3, -0.25) is 4.79 Å². The second-order valence-corrected chi connectivity index (χ2v) is 3.86. The van der Waals surface area contributed by atoms with Gasteiger partial charge in [0.2, 0.25) is 0 Å². The molecular formula is C12H15ClO2. The maximum Gasteiger partial charge on any atom is 0.303 e. The minimum absolute atomic E-state index is 0.222. The molecule has 0 fully saturated rings. The van der Waals surface area contributed by atoms with E-state index in [4.69, 9.17) is 16.3 Å². The van der Waals surface area contributed by atoms with E-state index in [1.165, 1.54) is 12.5 Å². The molecule has 0 saturated carbocycles. The number of carbonyl (C=O) groups is 1. The highest BCUT2D eigenvalue weighted by Crippen LogP contribution is 2.22. The van der Waals surface area contributed by atoms with E-state index in [1.807, 2.05) is 31.2 Å². The predicted molar refractivity (Wildman–Crippen MR) is 61.0 cm³/mol. The maximum atomic E-state index is 10.9. The van der Waals surface area contributed by atoms with E-state index in [-0.39, 0.29) is 12.1 Å². The van der Waals surface area contributed by atoms with Gasteiger partial charge in [0, 0.05) is 19.2 Å². The fraction of sp³-hybridized carbons (Fsp3) is 0.417. The zero-order valence-corrected chi connectivity index (χ0v) is 9.75. The van der Waals surface area contributed by atoms with E-state index >= 15 is 0 Å². The molecule has 0 spiro atoms. The highest BCUT2D eigenvalue weighted by Gasteiger charge is 2.13. The Kier molecular flexibility index (Phi) is 4.63. The molecule has 15 heavy (non-hydrogen) atoms. The summed E-state index contributed by atoms with van der Waals surface area (Å²) in [5.41, 5.74) is 2.18. The van der Waals surface area contributed by atoms with Crippen LogP contribution in [-0.2, 0) is 9.53 Å². The molecule has 3 heteroatoms. The summed E-state index contributed by atoms with van der Waals surface area (Å²) >= 11 is 5.67. The number of alkyl halides is 1. The van der Waals surface area contributed by atoms with Gasteiger partial charge in [-0.05, 0) is 12.5 Å². The summed E-state index contributed by atoms with van der Waals surface area (Å²) in [5, 5.41) is 0. The first kappa shape index (κ1) is 12.1. The zero-order chi connectivity index (χ0) is 11.3. The molecule has 1 rings (SSSR count). The molecular weight excluding hydrogens is 212 g/mol. The van der Waals surface area contributed by atoms with Crippen molar-refractivity contribution in [1.29, 1.82) is 0 Å². The first-order chi connectivity index (χ1) is 7.13. The second kappa shape index (κ2) is 5.76. The SMILES string of the molecule is CC(=O)O[C@@H](CCCl)c1ccc(C)cc1. The number of halogens is 1. The average molecular weight is 227 g/mol. The Bertz CT molecular complexity index is 319. The van der Waals surface area contributed by atoms with Crippen molar-refractivity contribution in [3.63, 3.8) is 0 Å². The summed E-state index contributed by atoms with van der Waals surface area (Å²) in [5.74, 6) is 0.205. The molecule has 0 saturated heterocycles. The van der Waals surface area contributed by atoms with Gasteiger partial charge in [-0.2, -0.15) is 0 Å². The van der Waals surface area contributed by atoms with Crippen molar-refractivity contribution in [2.75, 3.05) is 5.88 Å². The molecule has 0 radical (unpaired) electrons. The van der Waals surface area contributed by atoms with Crippen molar-refractivity contribution in [1.82, 2.24) is 0 Å². The first-order valence-electron chi connectivity index (χ1n) is 4.93. The van der Waals surface area contributed by atoms with Gasteiger partial charge in [0.1, 0.15) is 6.10 Å². The Labute approximate surface area is 95.2 Å². The smallest absolute Gasteiger partial charge is 0.303 e. The summed E-state index contributed by atoms with van der Waals surface area (Å²) in [4.78, 5) is 10.9. The van der Waals surface area contributed by atoms with Crippen molar-refractivity contribution in [2.45, 2.75) is 26.4 Å². The van der Waals surface area contributed by atoms with Gasteiger partial charge in [-0.1, -0.05) is 29.8 Å². The molecule has 0 bridgehead atoms. The minimum atomic E-state index is -0.273. The summed E-state index contributed by atoms with van der Waals surface area (Å²) in [6, 6.07) is 7.94. The van der Waals surface area contributed by atoms with Crippen LogP contribution in [0, 0.1) is 6.92 Å². The minimum Gasteiger partial charge on any atom is -0.458 e. The van der Waals surface area contributed by atoms with Crippen molar-refractivity contribution in [3.05, 3.63) is 35.4 Å². The van der Waals surface area contributed by atoms with Gasteiger partial charge in [0.05, 0.1) is 0 Å². The number of hydrogen-bond donors (Lipinski definition) is 0. The molecule has 0 aromatic heterocycles. The van der Waals surface area contributed by atoms with E-state index in [0.717, 1.165) is 5.56 Å². The van der Waals surface area contributed by atoms with Crippen LogP contribution in [0.4, 0.5) is 0 Å². The molecule has 0 N–H and O–H groups in total. The van der Waals surface area contributed by atoms with Gasteiger partial charge in [0.25, 0.3) is 0 Å². The van der Waals surface area contributed by atoms with Crippen molar-refractivity contribution >= 4 is 17.6 Å². The van der Waals surface area contributed by atoms with Crippen molar-refractivity contribution in [2.24, 2.45) is 0 Å². The van der Waals surface area contributed by atoms with Crippen LogP contribution in [0.5, 0.6) is 0 Å². The number of benzene rings is 1. The molecule has 82 valence electrons. The van der Waals surface area contributed by atoms with Crippen LogP contribution in [0.25, 0.3) is 0 Å². The Morgan fingerprint density at radius 3 is 2.47 bits per heavy atom. The monoisotopic (exact) mass is 226 g/mol. The van der Waals surface area contributed by atoms with Crippen LogP contribution in [0.1, 0.15) is 30.6 Å². The van der Waals surface area contributed by atoms with Crippen molar-refractivity contribution in [3.8, 4) is 0 Å². The normalized spacial score (nSPS) is 12.2. The molecule has 0 aliphatic heterocycles. The first-order valence-corrected chi connectivity index (χ1v) is 5.46. The lowest BCUT2D eigenvalue weighted by atomic mass is 10.1. The Balaban J connectivity index is 2.78. The molecule has 1 atom stereocenters. The molecule has 0 heterocycles. The molecule has 0 amide bonds. The fourth-order valence-electron chi connectivity index (χ4n) is 1.37. The lowest BCUT2D eigenvalue weighted by molar-refractivity contribution is -0.146. The molecule has 2 nitrogen and oxygen atoms in total. The van der Waals surface area contributed by atoms with Gasteiger partial charge >= 0.3 is 5.97 Å². The van der Waals surface area contributed by atoms with E-state index in [2.05, 4.69) is 0 Å².